The summed E-state index contributed by atoms with van der Waals surface area (Å²) in [5.74, 6) is -0.458. The Morgan fingerprint density at radius 3 is 2.83 bits per heavy atom. The van der Waals surface area contributed by atoms with Gasteiger partial charge in [-0.3, -0.25) is 9.59 Å². The largest absolute Gasteiger partial charge is 0.388 e. The fourth-order valence-corrected chi connectivity index (χ4v) is 3.43. The van der Waals surface area contributed by atoms with E-state index in [0.29, 0.717) is 0 Å². The van der Waals surface area contributed by atoms with Crippen molar-refractivity contribution >= 4 is 16.8 Å². The molecule has 4 rings (SSSR count). The summed E-state index contributed by atoms with van der Waals surface area (Å²) < 4.78 is 12.4. The Morgan fingerprint density at radius 2 is 2.00 bits per heavy atom. The van der Waals surface area contributed by atoms with Crippen LogP contribution >= 0.6 is 0 Å². The van der Waals surface area contributed by atoms with E-state index in [1.807, 2.05) is 24.3 Å². The molecule has 4 atom stereocenters. The lowest BCUT2D eigenvalue weighted by molar-refractivity contribution is 0.0178. The van der Waals surface area contributed by atoms with Crippen molar-refractivity contribution in [1.82, 2.24) is 9.88 Å². The first-order chi connectivity index (χ1) is 11.6. The van der Waals surface area contributed by atoms with Gasteiger partial charge in [0.05, 0.1) is 24.8 Å². The van der Waals surface area contributed by atoms with Crippen LogP contribution < -0.4 is 10.9 Å². The molecule has 0 radical (unpaired) electrons. The summed E-state index contributed by atoms with van der Waals surface area (Å²) in [6.45, 7) is 0.450. The third-order valence-corrected chi connectivity index (χ3v) is 4.72. The van der Waals surface area contributed by atoms with Gasteiger partial charge in [-0.15, -0.1) is 0 Å². The first kappa shape index (κ1) is 15.3. The number of para-hydroxylation sites is 1. The highest BCUT2D eigenvalue weighted by atomic mass is 16.6. The number of aryl methyl sites for hydroxylation is 1. The molecule has 0 unspecified atom stereocenters. The number of carbonyl (C=O) groups is 1. The highest BCUT2D eigenvalue weighted by molar-refractivity contribution is 5.97. The molecule has 3 heterocycles. The average molecular weight is 330 g/mol. The molecule has 7 nitrogen and oxygen atoms in total. The second kappa shape index (κ2) is 5.70. The number of carbonyl (C=O) groups excluding carboxylic acids is 1. The molecule has 0 spiro atoms. The number of benzene rings is 1. The van der Waals surface area contributed by atoms with Crippen LogP contribution in [0, 0.1) is 0 Å². The van der Waals surface area contributed by atoms with Gasteiger partial charge in [0.25, 0.3) is 11.5 Å². The van der Waals surface area contributed by atoms with Crippen molar-refractivity contribution in [3.63, 3.8) is 0 Å². The first-order valence-corrected chi connectivity index (χ1v) is 7.87. The average Bonchev–Trinajstić information content (AvgIpc) is 3.15. The molecule has 0 saturated carbocycles. The monoisotopic (exact) mass is 330 g/mol. The Balaban J connectivity index is 1.62. The van der Waals surface area contributed by atoms with Gasteiger partial charge in [0.1, 0.15) is 23.9 Å². The van der Waals surface area contributed by atoms with Crippen LogP contribution in [-0.2, 0) is 16.5 Å². The van der Waals surface area contributed by atoms with Crippen LogP contribution in [0.25, 0.3) is 10.9 Å². The van der Waals surface area contributed by atoms with Crippen molar-refractivity contribution < 1.29 is 19.4 Å². The second-order valence-corrected chi connectivity index (χ2v) is 6.22. The summed E-state index contributed by atoms with van der Waals surface area (Å²) in [6, 6.07) is 8.62. The van der Waals surface area contributed by atoms with E-state index in [1.54, 1.807) is 13.1 Å². The SMILES string of the molecule is Cn1c(=O)c(C(=O)N[C@@H]2CO[C@H]3[C@@H]2OC[C@H]3O)cc2ccccc21. The van der Waals surface area contributed by atoms with E-state index >= 15 is 0 Å². The smallest absolute Gasteiger partial charge is 0.263 e. The van der Waals surface area contributed by atoms with Crippen molar-refractivity contribution in [3.05, 3.63) is 46.2 Å². The molecule has 0 bridgehead atoms. The maximum Gasteiger partial charge on any atom is 0.263 e. The first-order valence-electron chi connectivity index (χ1n) is 7.87. The fourth-order valence-electron chi connectivity index (χ4n) is 3.43. The van der Waals surface area contributed by atoms with Gasteiger partial charge in [-0.05, 0) is 17.5 Å². The van der Waals surface area contributed by atoms with Crippen molar-refractivity contribution in [3.8, 4) is 0 Å². The molecule has 24 heavy (non-hydrogen) atoms. The molecule has 2 aliphatic heterocycles. The predicted octanol–water partition coefficient (Wildman–Crippen LogP) is -0.205. The Bertz CT molecular complexity index is 862. The summed E-state index contributed by atoms with van der Waals surface area (Å²) in [5, 5.41) is 13.4. The van der Waals surface area contributed by atoms with Crippen LogP contribution in [0.2, 0.25) is 0 Å². The summed E-state index contributed by atoms with van der Waals surface area (Å²) in [5.41, 5.74) is 0.498. The van der Waals surface area contributed by atoms with Gasteiger partial charge >= 0.3 is 0 Å². The molecule has 126 valence electrons. The van der Waals surface area contributed by atoms with Gasteiger partial charge in [0, 0.05) is 7.05 Å². The normalized spacial score (nSPS) is 28.9. The molecule has 7 heteroatoms. The molecule has 2 saturated heterocycles. The highest BCUT2D eigenvalue weighted by Crippen LogP contribution is 2.27. The van der Waals surface area contributed by atoms with Gasteiger partial charge in [0.15, 0.2) is 0 Å². The van der Waals surface area contributed by atoms with Crippen molar-refractivity contribution in [2.75, 3.05) is 13.2 Å². The zero-order valence-corrected chi connectivity index (χ0v) is 13.1. The quantitative estimate of drug-likeness (QED) is 0.796. The lowest BCUT2D eigenvalue weighted by atomic mass is 10.1. The number of nitrogens with one attached hydrogen (secondary N) is 1. The molecule has 2 aliphatic rings. The Morgan fingerprint density at radius 1 is 1.25 bits per heavy atom. The molecule has 2 aromatic rings. The zero-order valence-electron chi connectivity index (χ0n) is 13.1. The number of aliphatic hydroxyl groups excluding tert-OH is 1. The molecular weight excluding hydrogens is 312 g/mol. The molecule has 1 aromatic heterocycles. The van der Waals surface area contributed by atoms with E-state index in [2.05, 4.69) is 5.32 Å². The maximum atomic E-state index is 12.6. The number of hydrogen-bond donors (Lipinski definition) is 2. The van der Waals surface area contributed by atoms with E-state index in [9.17, 15) is 14.7 Å². The number of ether oxygens (including phenoxy) is 2. The molecule has 1 aromatic carbocycles. The third kappa shape index (κ3) is 2.32. The van der Waals surface area contributed by atoms with Crippen LogP contribution in [-0.4, -0.2) is 53.1 Å². The van der Waals surface area contributed by atoms with Gasteiger partial charge in [-0.25, -0.2) is 0 Å². The van der Waals surface area contributed by atoms with Gasteiger partial charge in [0.2, 0.25) is 0 Å². The number of aliphatic hydroxyl groups is 1. The van der Waals surface area contributed by atoms with Crippen LogP contribution in [0.15, 0.2) is 35.1 Å². The van der Waals surface area contributed by atoms with E-state index in [0.717, 1.165) is 10.9 Å². The van der Waals surface area contributed by atoms with E-state index in [4.69, 9.17) is 9.47 Å². The topological polar surface area (TPSA) is 89.8 Å². The minimum absolute atomic E-state index is 0.0817. The standard InChI is InChI=1S/C17H18N2O5/c1-19-12-5-3-2-4-9(12)6-10(17(19)22)16(21)18-11-7-23-15-13(20)8-24-14(11)15/h2-6,11,13-15,20H,7-8H2,1H3,(H,18,21)/t11-,13-,14-,15-/m1/s1. The lowest BCUT2D eigenvalue weighted by Gasteiger charge is -2.17. The Kier molecular flexibility index (Phi) is 3.64. The molecule has 1 amide bonds. The second-order valence-electron chi connectivity index (χ2n) is 6.22. The maximum absolute atomic E-state index is 12.6. The number of nitrogens with zero attached hydrogens (tertiary/aromatic N) is 1. The predicted molar refractivity (Wildman–Crippen MR) is 85.9 cm³/mol. The summed E-state index contributed by atoms with van der Waals surface area (Å²) in [7, 11) is 1.65. The van der Waals surface area contributed by atoms with E-state index in [-0.39, 0.29) is 36.5 Å². The Hall–Kier alpha value is -2.22. The van der Waals surface area contributed by atoms with Crippen molar-refractivity contribution in [1.29, 1.82) is 0 Å². The minimum Gasteiger partial charge on any atom is -0.388 e. The van der Waals surface area contributed by atoms with Gasteiger partial charge in [-0.2, -0.15) is 0 Å². The number of amides is 1. The van der Waals surface area contributed by atoms with E-state index < -0.39 is 18.1 Å². The van der Waals surface area contributed by atoms with Crippen LogP contribution in [0.4, 0.5) is 0 Å². The van der Waals surface area contributed by atoms with Gasteiger partial charge in [-0.1, -0.05) is 18.2 Å². The van der Waals surface area contributed by atoms with Crippen LogP contribution in [0.3, 0.4) is 0 Å². The molecule has 0 aliphatic carbocycles. The number of hydrogen-bond acceptors (Lipinski definition) is 5. The Labute approximate surface area is 137 Å². The molecule has 2 fully saturated rings. The van der Waals surface area contributed by atoms with Crippen molar-refractivity contribution in [2.24, 2.45) is 7.05 Å². The zero-order chi connectivity index (χ0) is 16.8. The minimum atomic E-state index is -0.676. The summed E-state index contributed by atoms with van der Waals surface area (Å²) in [4.78, 5) is 25.1. The number of rotatable bonds is 2. The van der Waals surface area contributed by atoms with Crippen LogP contribution in [0.5, 0.6) is 0 Å². The van der Waals surface area contributed by atoms with Gasteiger partial charge < -0.3 is 24.5 Å². The highest BCUT2D eigenvalue weighted by Gasteiger charge is 2.47. The summed E-state index contributed by atoms with van der Waals surface area (Å²) >= 11 is 0. The third-order valence-electron chi connectivity index (χ3n) is 4.72. The molecular formula is C17H18N2O5. The number of aromatic nitrogens is 1. The fraction of sp³-hybridized carbons (Fsp3) is 0.412. The number of fused-ring (bicyclic) bond motifs is 2. The van der Waals surface area contributed by atoms with E-state index in [1.165, 1.54) is 4.57 Å². The lowest BCUT2D eigenvalue weighted by Crippen LogP contribution is -2.45. The molecule has 2 N–H and O–H groups in total. The summed E-state index contributed by atoms with van der Waals surface area (Å²) in [6.07, 6.45) is -1.48. The van der Waals surface area contributed by atoms with Crippen LogP contribution in [0.1, 0.15) is 10.4 Å². The van der Waals surface area contributed by atoms with Crippen molar-refractivity contribution in [2.45, 2.75) is 24.4 Å². The number of pyridine rings is 1.